The number of aromatic nitrogens is 4. The molecule has 4 N–H and O–H groups in total. The molecular weight excluding hydrogens is 361 g/mol. The minimum absolute atomic E-state index is 0.266. The average Bonchev–Trinajstić information content (AvgIpc) is 2.99. The number of rotatable bonds is 3. The number of hydrazine groups is 2. The first-order valence-electron chi connectivity index (χ1n) is 7.69. The van der Waals surface area contributed by atoms with Crippen LogP contribution in [0.5, 0.6) is 0 Å². The smallest absolute Gasteiger partial charge is 0.180 e. The number of halogens is 2. The van der Waals surface area contributed by atoms with Gasteiger partial charge in [0, 0.05) is 59.4 Å². The van der Waals surface area contributed by atoms with E-state index in [9.17, 15) is 0 Å². The van der Waals surface area contributed by atoms with Crippen LogP contribution in [-0.4, -0.2) is 38.1 Å². The predicted molar refractivity (Wildman–Crippen MR) is 99.7 cm³/mol. The van der Waals surface area contributed by atoms with Crippen molar-refractivity contribution in [2.75, 3.05) is 18.5 Å². The van der Waals surface area contributed by atoms with Gasteiger partial charge in [0.1, 0.15) is 0 Å². The number of hydrogen-bond donors (Lipinski definition) is 4. The summed E-state index contributed by atoms with van der Waals surface area (Å²) < 4.78 is 0. The summed E-state index contributed by atoms with van der Waals surface area (Å²) in [5, 5.41) is 3.76. The molecule has 0 amide bonds. The quantitative estimate of drug-likeness (QED) is 0.562. The molecule has 3 heterocycles. The van der Waals surface area contributed by atoms with Crippen LogP contribution >= 0.6 is 23.2 Å². The molecule has 0 saturated carbocycles. The Morgan fingerprint density at radius 3 is 2.88 bits per heavy atom. The Kier molecular flexibility index (Phi) is 4.46. The van der Waals surface area contributed by atoms with E-state index in [0.717, 1.165) is 29.6 Å². The molecule has 0 atom stereocenters. The van der Waals surface area contributed by atoms with Crippen LogP contribution in [0.25, 0.3) is 22.2 Å². The predicted octanol–water partition coefficient (Wildman–Crippen LogP) is 3.53. The third kappa shape index (κ3) is 3.40. The zero-order valence-electron chi connectivity index (χ0n) is 13.1. The van der Waals surface area contributed by atoms with E-state index < -0.39 is 0 Å². The van der Waals surface area contributed by atoms with Crippen molar-refractivity contribution in [1.29, 1.82) is 0 Å². The van der Waals surface area contributed by atoms with E-state index in [1.807, 2.05) is 24.4 Å². The van der Waals surface area contributed by atoms with E-state index in [-0.39, 0.29) is 5.15 Å². The van der Waals surface area contributed by atoms with Gasteiger partial charge in [-0.1, -0.05) is 29.3 Å². The summed E-state index contributed by atoms with van der Waals surface area (Å²) in [6.45, 7) is 1.75. The highest BCUT2D eigenvalue weighted by Gasteiger charge is 2.15. The number of anilines is 1. The van der Waals surface area contributed by atoms with Gasteiger partial charge in [0.25, 0.3) is 0 Å². The number of fused-ring (bicyclic) bond motifs is 1. The normalized spacial score (nSPS) is 14.2. The lowest BCUT2D eigenvalue weighted by atomic mass is 10.1. The third-order valence-electron chi connectivity index (χ3n) is 3.81. The largest absolute Gasteiger partial charge is 0.364 e. The van der Waals surface area contributed by atoms with Crippen molar-refractivity contribution >= 4 is 39.9 Å². The summed E-state index contributed by atoms with van der Waals surface area (Å²) in [6.07, 6.45) is 6.96. The highest BCUT2D eigenvalue weighted by molar-refractivity contribution is 6.31. The van der Waals surface area contributed by atoms with Gasteiger partial charge in [-0.15, -0.1) is 0 Å². The molecule has 4 rings (SSSR count). The fraction of sp³-hybridized carbons (Fsp3) is 0.125. The van der Waals surface area contributed by atoms with Crippen molar-refractivity contribution < 1.29 is 0 Å². The lowest BCUT2D eigenvalue weighted by molar-refractivity contribution is 0.138. The number of hydrogen-bond acceptors (Lipinski definition) is 5. The van der Waals surface area contributed by atoms with Crippen molar-refractivity contribution in [2.45, 2.75) is 0 Å². The second-order valence-electron chi connectivity index (χ2n) is 5.46. The van der Waals surface area contributed by atoms with Crippen LogP contribution in [0.15, 0.2) is 43.0 Å². The molecule has 25 heavy (non-hydrogen) atoms. The fourth-order valence-electron chi connectivity index (χ4n) is 2.50. The van der Waals surface area contributed by atoms with E-state index in [0.29, 0.717) is 16.5 Å². The molecule has 1 saturated heterocycles. The Bertz CT molecular complexity index is 960. The molecule has 0 spiro atoms. The third-order valence-corrected chi connectivity index (χ3v) is 4.32. The molecule has 9 heteroatoms. The summed E-state index contributed by atoms with van der Waals surface area (Å²) in [6, 6.07) is 5.69. The van der Waals surface area contributed by atoms with Gasteiger partial charge in [0.15, 0.2) is 11.0 Å². The molecule has 1 aromatic carbocycles. The van der Waals surface area contributed by atoms with Crippen molar-refractivity contribution in [2.24, 2.45) is 0 Å². The van der Waals surface area contributed by atoms with Gasteiger partial charge >= 0.3 is 0 Å². The second-order valence-corrected chi connectivity index (χ2v) is 6.25. The summed E-state index contributed by atoms with van der Waals surface area (Å²) in [5.74, 6) is 0.455. The summed E-state index contributed by atoms with van der Waals surface area (Å²) >= 11 is 12.4. The van der Waals surface area contributed by atoms with Crippen molar-refractivity contribution in [3.05, 3.63) is 53.2 Å². The summed E-state index contributed by atoms with van der Waals surface area (Å²) in [7, 11) is 0. The molecule has 0 bridgehead atoms. The highest BCUT2D eigenvalue weighted by atomic mass is 35.5. The molecule has 2 aromatic heterocycles. The lowest BCUT2D eigenvalue weighted by Crippen LogP contribution is -2.56. The zero-order chi connectivity index (χ0) is 17.2. The van der Waals surface area contributed by atoms with Gasteiger partial charge in [-0.3, -0.25) is 5.43 Å². The lowest BCUT2D eigenvalue weighted by Gasteiger charge is -2.32. The Labute approximate surface area is 153 Å². The fourth-order valence-corrected chi connectivity index (χ4v) is 2.81. The minimum Gasteiger partial charge on any atom is -0.364 e. The molecule has 3 aromatic rings. The molecule has 1 fully saturated rings. The average molecular weight is 376 g/mol. The molecule has 1 aliphatic rings. The minimum atomic E-state index is 0.266. The van der Waals surface area contributed by atoms with Gasteiger partial charge < -0.3 is 9.97 Å². The Morgan fingerprint density at radius 1 is 1.20 bits per heavy atom. The molecule has 0 radical (unpaired) electrons. The van der Waals surface area contributed by atoms with Crippen LogP contribution in [-0.2, 0) is 0 Å². The molecule has 128 valence electrons. The van der Waals surface area contributed by atoms with E-state index in [4.69, 9.17) is 23.2 Å². The van der Waals surface area contributed by atoms with Gasteiger partial charge in [0.2, 0.25) is 0 Å². The zero-order valence-corrected chi connectivity index (χ0v) is 14.6. The van der Waals surface area contributed by atoms with Crippen molar-refractivity contribution in [1.82, 2.24) is 30.5 Å². The van der Waals surface area contributed by atoms with E-state index in [1.165, 1.54) is 0 Å². The number of H-pyrrole nitrogens is 2. The van der Waals surface area contributed by atoms with Crippen LogP contribution in [0.3, 0.4) is 0 Å². The van der Waals surface area contributed by atoms with Crippen LogP contribution < -0.4 is 10.9 Å². The topological polar surface area (TPSA) is 84.7 Å². The molecule has 0 aliphatic carbocycles. The summed E-state index contributed by atoms with van der Waals surface area (Å²) in [4.78, 5) is 15.1. The Balaban J connectivity index is 1.87. The Morgan fingerprint density at radius 2 is 2.08 bits per heavy atom. The first-order valence-corrected chi connectivity index (χ1v) is 8.44. The van der Waals surface area contributed by atoms with E-state index in [1.54, 1.807) is 23.7 Å². The number of nitrogens with one attached hydrogen (secondary N) is 4. The maximum atomic E-state index is 6.29. The monoisotopic (exact) mass is 375 g/mol. The van der Waals surface area contributed by atoms with Crippen LogP contribution in [0.1, 0.15) is 0 Å². The summed E-state index contributed by atoms with van der Waals surface area (Å²) in [5.41, 5.74) is 8.80. The van der Waals surface area contributed by atoms with Crippen molar-refractivity contribution in [3.63, 3.8) is 0 Å². The molecule has 1 aliphatic heterocycles. The molecule has 0 unspecified atom stereocenters. The van der Waals surface area contributed by atoms with Gasteiger partial charge in [-0.25, -0.2) is 15.4 Å². The van der Waals surface area contributed by atoms with Crippen LogP contribution in [0.4, 0.5) is 5.82 Å². The number of nitrogens with zero attached hydrogens (tertiary/aromatic N) is 3. The van der Waals surface area contributed by atoms with Crippen LogP contribution in [0.2, 0.25) is 10.2 Å². The van der Waals surface area contributed by atoms with E-state index >= 15 is 0 Å². The van der Waals surface area contributed by atoms with Crippen molar-refractivity contribution in [3.8, 4) is 11.3 Å². The second kappa shape index (κ2) is 6.89. The maximum Gasteiger partial charge on any atom is 0.180 e. The Hall–Kier alpha value is -2.32. The first-order chi connectivity index (χ1) is 12.2. The molecule has 7 nitrogen and oxygen atoms in total. The maximum absolute atomic E-state index is 6.29. The van der Waals surface area contributed by atoms with Crippen LogP contribution in [0, 0.1) is 0 Å². The number of aromatic amines is 2. The SMILES string of the molecule is Clc1ccc2c(-c3c[nH]ccnc(Cl)c(NN4CCN4)n3)c[nH]c2c1. The van der Waals surface area contributed by atoms with Gasteiger partial charge in [0.05, 0.1) is 5.69 Å². The molecular formula is C16H15Cl2N7. The number of benzene rings is 1. The van der Waals surface area contributed by atoms with E-state index in [2.05, 4.69) is 30.8 Å². The first kappa shape index (κ1) is 16.2. The van der Waals surface area contributed by atoms with Gasteiger partial charge in [-0.2, -0.15) is 5.12 Å². The van der Waals surface area contributed by atoms with Gasteiger partial charge in [-0.05, 0) is 12.1 Å². The highest BCUT2D eigenvalue weighted by Crippen LogP contribution is 2.29. The standard InChI is InChI=1S/C16H15Cl2N7/c17-10-1-2-11-12(8-21-13(11)7-10)14-9-19-3-4-20-15(18)16(23-14)24-25-6-5-22-25/h1-4,7-9,19,21-22H,5-6H2,(H,23,24).